The monoisotopic (exact) mass is 396 g/mol. The van der Waals surface area contributed by atoms with Crippen molar-refractivity contribution in [3.05, 3.63) is 34.3 Å². The van der Waals surface area contributed by atoms with Gasteiger partial charge in [-0.1, -0.05) is 41.9 Å². The molecule has 0 saturated heterocycles. The predicted molar refractivity (Wildman–Crippen MR) is 102 cm³/mol. The van der Waals surface area contributed by atoms with Crippen LogP contribution in [-0.4, -0.2) is 36.3 Å². The lowest BCUT2D eigenvalue weighted by Gasteiger charge is -2.26. The third-order valence-electron chi connectivity index (χ3n) is 4.26. The van der Waals surface area contributed by atoms with E-state index in [0.29, 0.717) is 25.8 Å². The van der Waals surface area contributed by atoms with E-state index in [9.17, 15) is 9.59 Å². The molecule has 2 amide bonds. The third kappa shape index (κ3) is 6.63. The fraction of sp³-hybridized carbons (Fsp3) is 0.579. The van der Waals surface area contributed by atoms with Crippen molar-refractivity contribution in [2.75, 3.05) is 19.6 Å². The van der Waals surface area contributed by atoms with Gasteiger partial charge in [0.15, 0.2) is 0 Å². The topological polar surface area (TPSA) is 49.4 Å². The maximum atomic E-state index is 12.0. The van der Waals surface area contributed by atoms with Gasteiger partial charge in [-0.2, -0.15) is 0 Å². The smallest absolute Gasteiger partial charge is 0.222 e. The minimum absolute atomic E-state index is 0.00698. The van der Waals surface area contributed by atoms with Crippen LogP contribution in [0.2, 0.25) is 0 Å². The van der Waals surface area contributed by atoms with Gasteiger partial charge in [0.2, 0.25) is 11.8 Å². The summed E-state index contributed by atoms with van der Waals surface area (Å²) in [6.07, 6.45) is 1.43. The molecule has 0 aliphatic heterocycles. The van der Waals surface area contributed by atoms with Crippen molar-refractivity contribution in [3.63, 3.8) is 0 Å². The fourth-order valence-electron chi connectivity index (χ4n) is 2.55. The lowest BCUT2D eigenvalue weighted by molar-refractivity contribution is -0.131. The van der Waals surface area contributed by atoms with Gasteiger partial charge in [0, 0.05) is 42.4 Å². The van der Waals surface area contributed by atoms with Crippen LogP contribution in [0.3, 0.4) is 0 Å². The molecule has 0 heterocycles. The Morgan fingerprint density at radius 3 is 2.21 bits per heavy atom. The number of benzene rings is 1. The SMILES string of the molecule is CCN(CC)C(=O)CCCC(=O)NCC(C)(C)c1ccc(Br)cc1. The van der Waals surface area contributed by atoms with Crippen LogP contribution in [0.5, 0.6) is 0 Å². The molecule has 1 N–H and O–H groups in total. The highest BCUT2D eigenvalue weighted by Gasteiger charge is 2.21. The predicted octanol–water partition coefficient (Wildman–Crippen LogP) is 3.88. The molecule has 1 aromatic carbocycles. The van der Waals surface area contributed by atoms with E-state index in [-0.39, 0.29) is 17.2 Å². The first-order valence-electron chi connectivity index (χ1n) is 8.60. The first kappa shape index (κ1) is 20.7. The molecule has 0 spiro atoms. The van der Waals surface area contributed by atoms with Crippen LogP contribution in [0.4, 0.5) is 0 Å². The standard InChI is InChI=1S/C19H29BrN2O2/c1-5-22(6-2)18(24)9-7-8-17(23)21-14-19(3,4)15-10-12-16(20)13-11-15/h10-13H,5-9,14H2,1-4H3,(H,21,23). The Kier molecular flexibility index (Phi) is 8.46. The quantitative estimate of drug-likeness (QED) is 0.688. The van der Waals surface area contributed by atoms with E-state index < -0.39 is 0 Å². The first-order chi connectivity index (χ1) is 11.3. The summed E-state index contributed by atoms with van der Waals surface area (Å²) in [5, 5.41) is 2.99. The van der Waals surface area contributed by atoms with Gasteiger partial charge < -0.3 is 10.2 Å². The first-order valence-corrected chi connectivity index (χ1v) is 9.40. The molecule has 1 aromatic rings. The van der Waals surface area contributed by atoms with E-state index in [4.69, 9.17) is 0 Å². The molecule has 24 heavy (non-hydrogen) atoms. The molecule has 4 nitrogen and oxygen atoms in total. The molecule has 0 radical (unpaired) electrons. The molecular weight excluding hydrogens is 368 g/mol. The highest BCUT2D eigenvalue weighted by molar-refractivity contribution is 9.10. The van der Waals surface area contributed by atoms with Gasteiger partial charge in [0.05, 0.1) is 0 Å². The molecular formula is C19H29BrN2O2. The summed E-state index contributed by atoms with van der Waals surface area (Å²) in [5.41, 5.74) is 1.05. The van der Waals surface area contributed by atoms with Gasteiger partial charge >= 0.3 is 0 Å². The maximum Gasteiger partial charge on any atom is 0.222 e. The molecule has 0 aliphatic rings. The normalized spacial score (nSPS) is 11.2. The van der Waals surface area contributed by atoms with Crippen molar-refractivity contribution in [1.29, 1.82) is 0 Å². The van der Waals surface area contributed by atoms with Gasteiger partial charge in [0.1, 0.15) is 0 Å². The molecule has 134 valence electrons. The molecule has 0 atom stereocenters. The summed E-state index contributed by atoms with van der Waals surface area (Å²) >= 11 is 3.43. The van der Waals surface area contributed by atoms with Crippen molar-refractivity contribution in [2.45, 2.75) is 52.4 Å². The van der Waals surface area contributed by atoms with Crippen molar-refractivity contribution < 1.29 is 9.59 Å². The van der Waals surface area contributed by atoms with Crippen molar-refractivity contribution in [1.82, 2.24) is 10.2 Å². The third-order valence-corrected chi connectivity index (χ3v) is 4.79. The van der Waals surface area contributed by atoms with Gasteiger partial charge in [-0.05, 0) is 38.0 Å². The van der Waals surface area contributed by atoms with Crippen LogP contribution in [0.25, 0.3) is 0 Å². The Morgan fingerprint density at radius 2 is 1.67 bits per heavy atom. The molecule has 0 saturated carbocycles. The summed E-state index contributed by atoms with van der Waals surface area (Å²) in [6, 6.07) is 8.16. The number of amides is 2. The fourth-order valence-corrected chi connectivity index (χ4v) is 2.81. The molecule has 0 fully saturated rings. The minimum Gasteiger partial charge on any atom is -0.355 e. The van der Waals surface area contributed by atoms with Crippen LogP contribution < -0.4 is 5.32 Å². The second kappa shape index (κ2) is 9.82. The lowest BCUT2D eigenvalue weighted by Crippen LogP contribution is -2.36. The zero-order valence-corrected chi connectivity index (χ0v) is 16.8. The van der Waals surface area contributed by atoms with Gasteiger partial charge in [-0.25, -0.2) is 0 Å². The summed E-state index contributed by atoms with van der Waals surface area (Å²) < 4.78 is 1.05. The van der Waals surface area contributed by atoms with Crippen LogP contribution in [-0.2, 0) is 15.0 Å². The number of carbonyl (C=O) groups is 2. The summed E-state index contributed by atoms with van der Waals surface area (Å²) in [6.45, 7) is 10.2. The van der Waals surface area contributed by atoms with E-state index in [1.165, 1.54) is 5.56 Å². The van der Waals surface area contributed by atoms with E-state index in [0.717, 1.165) is 17.6 Å². The van der Waals surface area contributed by atoms with Crippen molar-refractivity contribution in [2.24, 2.45) is 0 Å². The van der Waals surface area contributed by atoms with Gasteiger partial charge in [-0.3, -0.25) is 9.59 Å². The number of carbonyl (C=O) groups excluding carboxylic acids is 2. The van der Waals surface area contributed by atoms with Crippen molar-refractivity contribution >= 4 is 27.7 Å². The average molecular weight is 397 g/mol. The number of rotatable bonds is 9. The molecule has 0 aromatic heterocycles. The van der Waals surface area contributed by atoms with Gasteiger partial charge in [-0.15, -0.1) is 0 Å². The highest BCUT2D eigenvalue weighted by atomic mass is 79.9. The lowest BCUT2D eigenvalue weighted by atomic mass is 9.84. The van der Waals surface area contributed by atoms with Gasteiger partial charge in [0.25, 0.3) is 0 Å². The second-order valence-electron chi connectivity index (χ2n) is 6.59. The molecule has 1 rings (SSSR count). The van der Waals surface area contributed by atoms with Crippen LogP contribution in [0, 0.1) is 0 Å². The van der Waals surface area contributed by atoms with Crippen LogP contribution in [0.15, 0.2) is 28.7 Å². The van der Waals surface area contributed by atoms with Crippen LogP contribution >= 0.6 is 15.9 Å². The average Bonchev–Trinajstić information content (AvgIpc) is 2.54. The number of halogens is 1. The Morgan fingerprint density at radius 1 is 1.08 bits per heavy atom. The highest BCUT2D eigenvalue weighted by Crippen LogP contribution is 2.24. The molecule has 0 unspecified atom stereocenters. The summed E-state index contributed by atoms with van der Waals surface area (Å²) in [7, 11) is 0. The van der Waals surface area contributed by atoms with Crippen LogP contribution in [0.1, 0.15) is 52.5 Å². The number of hydrogen-bond acceptors (Lipinski definition) is 2. The molecule has 5 heteroatoms. The second-order valence-corrected chi connectivity index (χ2v) is 7.50. The Labute approximate surface area is 154 Å². The largest absolute Gasteiger partial charge is 0.355 e. The van der Waals surface area contributed by atoms with E-state index in [2.05, 4.69) is 47.2 Å². The summed E-state index contributed by atoms with van der Waals surface area (Å²) in [5.74, 6) is 0.135. The van der Waals surface area contributed by atoms with E-state index >= 15 is 0 Å². The van der Waals surface area contributed by atoms with E-state index in [1.54, 1.807) is 4.90 Å². The Balaban J connectivity index is 2.37. The minimum atomic E-state index is -0.132. The zero-order valence-electron chi connectivity index (χ0n) is 15.2. The number of nitrogens with one attached hydrogen (secondary N) is 1. The number of nitrogens with zero attached hydrogens (tertiary/aromatic N) is 1. The Hall–Kier alpha value is -1.36. The maximum absolute atomic E-state index is 12.0. The van der Waals surface area contributed by atoms with Crippen molar-refractivity contribution in [3.8, 4) is 0 Å². The number of hydrogen-bond donors (Lipinski definition) is 1. The molecule has 0 aliphatic carbocycles. The van der Waals surface area contributed by atoms with E-state index in [1.807, 2.05) is 26.0 Å². The zero-order chi connectivity index (χ0) is 18.2. The molecule has 0 bridgehead atoms. The summed E-state index contributed by atoms with van der Waals surface area (Å²) in [4.78, 5) is 25.7. The Bertz CT molecular complexity index is 537.